The number of nitrogens with zero attached hydrogens (tertiary/aromatic N) is 2. The van der Waals surface area contributed by atoms with E-state index < -0.39 is 0 Å². The van der Waals surface area contributed by atoms with E-state index in [2.05, 4.69) is 37.5 Å². The number of fused-ring (bicyclic) bond motifs is 2. The molecule has 0 aromatic rings. The molecule has 0 saturated heterocycles. The summed E-state index contributed by atoms with van der Waals surface area (Å²) in [6.45, 7) is 8.73. The van der Waals surface area contributed by atoms with Crippen LogP contribution < -0.4 is 5.73 Å². The molecule has 2 N–H and O–H groups in total. The van der Waals surface area contributed by atoms with E-state index >= 15 is 0 Å². The number of hydrogen-bond acceptors (Lipinski definition) is 3. The molecule has 0 aromatic heterocycles. The Morgan fingerprint density at radius 2 is 2.05 bits per heavy atom. The quantitative estimate of drug-likeness (QED) is 0.788. The van der Waals surface area contributed by atoms with E-state index in [0.29, 0.717) is 12.0 Å². The molecule has 0 aromatic carbocycles. The van der Waals surface area contributed by atoms with Crippen molar-refractivity contribution in [3.63, 3.8) is 0 Å². The Morgan fingerprint density at radius 3 is 2.76 bits per heavy atom. The molecule has 4 nitrogen and oxygen atoms in total. The minimum absolute atomic E-state index is 0.132. The van der Waals surface area contributed by atoms with Crippen LogP contribution in [0.3, 0.4) is 0 Å². The van der Waals surface area contributed by atoms with Gasteiger partial charge in [0.25, 0.3) is 0 Å². The smallest absolute Gasteiger partial charge is 0.179 e. The Morgan fingerprint density at radius 1 is 1.29 bits per heavy atom. The molecule has 116 valence electrons. The van der Waals surface area contributed by atoms with Gasteiger partial charge in [-0.05, 0) is 38.7 Å². The van der Waals surface area contributed by atoms with Crippen LogP contribution in [0.1, 0.15) is 40.0 Å². The van der Waals surface area contributed by atoms with Gasteiger partial charge in [0, 0.05) is 12.1 Å². The van der Waals surface area contributed by atoms with Crippen molar-refractivity contribution >= 4 is 11.4 Å². The van der Waals surface area contributed by atoms with E-state index in [1.165, 1.54) is 5.71 Å². The lowest BCUT2D eigenvalue weighted by Gasteiger charge is -2.42. The largest absolute Gasteiger partial charge is 0.366 e. The molecular formula is C17H28N3O+. The summed E-state index contributed by atoms with van der Waals surface area (Å²) in [7, 11) is 0. The molecule has 0 radical (unpaired) electrons. The minimum Gasteiger partial charge on any atom is -0.366 e. The first-order chi connectivity index (χ1) is 10.1. The van der Waals surface area contributed by atoms with E-state index in [4.69, 9.17) is 15.5 Å². The molecule has 5 unspecified atom stereocenters. The van der Waals surface area contributed by atoms with Crippen LogP contribution in [0.15, 0.2) is 17.1 Å². The maximum Gasteiger partial charge on any atom is 0.179 e. The number of allylic oxidation sites excluding steroid dienone is 1. The first-order valence-corrected chi connectivity index (χ1v) is 8.39. The van der Waals surface area contributed by atoms with Gasteiger partial charge >= 0.3 is 0 Å². The average Bonchev–Trinajstić information content (AvgIpc) is 2.48. The zero-order valence-corrected chi connectivity index (χ0v) is 13.5. The molecule has 0 bridgehead atoms. The fourth-order valence-electron chi connectivity index (χ4n) is 3.81. The number of ether oxygens (including phenoxy) is 1. The van der Waals surface area contributed by atoms with Crippen molar-refractivity contribution in [1.29, 1.82) is 0 Å². The van der Waals surface area contributed by atoms with Gasteiger partial charge in [-0.1, -0.05) is 6.92 Å². The lowest BCUT2D eigenvalue weighted by Crippen LogP contribution is -2.51. The Labute approximate surface area is 127 Å². The van der Waals surface area contributed by atoms with Crippen molar-refractivity contribution in [2.45, 2.75) is 64.3 Å². The summed E-state index contributed by atoms with van der Waals surface area (Å²) in [5.41, 5.74) is 8.72. The van der Waals surface area contributed by atoms with Crippen LogP contribution in [0.2, 0.25) is 0 Å². The van der Waals surface area contributed by atoms with Crippen LogP contribution in [-0.2, 0) is 4.74 Å². The average molecular weight is 290 g/mol. The third kappa shape index (κ3) is 2.84. The Bertz CT molecular complexity index is 488. The van der Waals surface area contributed by atoms with Crippen LogP contribution in [0.4, 0.5) is 0 Å². The van der Waals surface area contributed by atoms with Crippen molar-refractivity contribution in [2.75, 3.05) is 13.1 Å². The molecule has 2 aliphatic carbocycles. The molecule has 1 fully saturated rings. The molecule has 21 heavy (non-hydrogen) atoms. The number of hydrogen-bond donors (Lipinski definition) is 1. The summed E-state index contributed by atoms with van der Waals surface area (Å²) in [6, 6.07) is 0.569. The zero-order valence-electron chi connectivity index (χ0n) is 13.5. The van der Waals surface area contributed by atoms with Gasteiger partial charge in [0.1, 0.15) is 19.2 Å². The zero-order chi connectivity index (χ0) is 15.0. The molecule has 1 saturated carbocycles. The lowest BCUT2D eigenvalue weighted by molar-refractivity contribution is -0.521. The third-order valence-corrected chi connectivity index (χ3v) is 5.27. The summed E-state index contributed by atoms with van der Waals surface area (Å²) < 4.78 is 8.77. The SMILES string of the molecule is CC[N+](CC)=C1C=CC2=NC3CC(C)C(N)CC3OC2C1. The Balaban J connectivity index is 1.83. The van der Waals surface area contributed by atoms with Crippen LogP contribution in [0.5, 0.6) is 0 Å². The van der Waals surface area contributed by atoms with E-state index in [0.717, 1.165) is 38.1 Å². The fourth-order valence-corrected chi connectivity index (χ4v) is 3.81. The van der Waals surface area contributed by atoms with Crippen LogP contribution >= 0.6 is 0 Å². The van der Waals surface area contributed by atoms with Gasteiger partial charge in [0.2, 0.25) is 0 Å². The van der Waals surface area contributed by atoms with Crippen molar-refractivity contribution in [3.8, 4) is 0 Å². The van der Waals surface area contributed by atoms with Crippen molar-refractivity contribution in [2.24, 2.45) is 16.6 Å². The molecule has 0 amide bonds. The first-order valence-electron chi connectivity index (χ1n) is 8.39. The summed E-state index contributed by atoms with van der Waals surface area (Å²) >= 11 is 0. The maximum atomic E-state index is 6.37. The molecule has 5 atom stereocenters. The molecule has 3 rings (SSSR count). The standard InChI is InChI=1S/C17H28N3O/c1-4-20(5-2)12-6-7-14-16(9-12)21-17-10-13(18)11(3)8-15(17)19-14/h6-7,11,13,15-17H,4-5,8-10,18H2,1-3H3/q+1. The van der Waals surface area contributed by atoms with E-state index in [1.807, 2.05) is 0 Å². The van der Waals surface area contributed by atoms with E-state index in [9.17, 15) is 0 Å². The predicted molar refractivity (Wildman–Crippen MR) is 86.4 cm³/mol. The second-order valence-corrected chi connectivity index (χ2v) is 6.60. The highest BCUT2D eigenvalue weighted by atomic mass is 16.5. The van der Waals surface area contributed by atoms with Crippen LogP contribution in [0.25, 0.3) is 0 Å². The van der Waals surface area contributed by atoms with Gasteiger partial charge in [0.15, 0.2) is 5.71 Å². The Kier molecular flexibility index (Phi) is 4.27. The van der Waals surface area contributed by atoms with Gasteiger partial charge in [-0.15, -0.1) is 0 Å². The maximum absolute atomic E-state index is 6.37. The van der Waals surface area contributed by atoms with Crippen LogP contribution in [-0.4, -0.2) is 53.4 Å². The van der Waals surface area contributed by atoms with E-state index in [1.54, 1.807) is 0 Å². The van der Waals surface area contributed by atoms with Gasteiger partial charge in [0.05, 0.1) is 24.3 Å². The summed E-state index contributed by atoms with van der Waals surface area (Å²) in [5, 5.41) is 0. The summed E-state index contributed by atoms with van der Waals surface area (Å²) in [4.78, 5) is 4.97. The number of nitrogens with two attached hydrogens (primary N) is 1. The molecule has 3 aliphatic rings. The third-order valence-electron chi connectivity index (χ3n) is 5.27. The summed E-state index contributed by atoms with van der Waals surface area (Å²) in [5.74, 6) is 0.543. The molecular weight excluding hydrogens is 262 g/mol. The molecule has 1 heterocycles. The Hall–Kier alpha value is -1.00. The molecule has 1 aliphatic heterocycles. The van der Waals surface area contributed by atoms with Crippen molar-refractivity contribution in [1.82, 2.24) is 0 Å². The number of aliphatic imine (C=N–C) groups is 1. The van der Waals surface area contributed by atoms with Gasteiger partial charge in [-0.3, -0.25) is 4.99 Å². The monoisotopic (exact) mass is 290 g/mol. The lowest BCUT2D eigenvalue weighted by atomic mass is 9.80. The highest BCUT2D eigenvalue weighted by molar-refractivity contribution is 6.10. The molecule has 0 spiro atoms. The fraction of sp³-hybridized carbons (Fsp3) is 0.765. The topological polar surface area (TPSA) is 50.6 Å². The second kappa shape index (κ2) is 6.01. The van der Waals surface area contributed by atoms with E-state index in [-0.39, 0.29) is 18.2 Å². The van der Waals surface area contributed by atoms with Crippen LogP contribution in [0, 0.1) is 5.92 Å². The second-order valence-electron chi connectivity index (χ2n) is 6.60. The highest BCUT2D eigenvalue weighted by Gasteiger charge is 2.40. The van der Waals surface area contributed by atoms with Crippen molar-refractivity contribution in [3.05, 3.63) is 12.2 Å². The normalized spacial score (nSPS) is 38.6. The van der Waals surface area contributed by atoms with Gasteiger partial charge < -0.3 is 10.5 Å². The highest BCUT2D eigenvalue weighted by Crippen LogP contribution is 2.33. The first kappa shape index (κ1) is 14.9. The molecule has 4 heteroatoms. The van der Waals surface area contributed by atoms with Gasteiger partial charge in [-0.2, -0.15) is 0 Å². The van der Waals surface area contributed by atoms with Gasteiger partial charge in [-0.25, -0.2) is 4.58 Å². The summed E-state index contributed by atoms with van der Waals surface area (Å²) in [6.07, 6.45) is 7.69. The number of rotatable bonds is 2. The van der Waals surface area contributed by atoms with Crippen molar-refractivity contribution < 1.29 is 9.31 Å². The minimum atomic E-state index is 0.132. The predicted octanol–water partition coefficient (Wildman–Crippen LogP) is 1.77.